The third-order valence-corrected chi connectivity index (χ3v) is 8.43. The zero-order valence-corrected chi connectivity index (χ0v) is 21.6. The Morgan fingerprint density at radius 3 is 2.05 bits per heavy atom. The number of hydrogen-bond acceptors (Lipinski definition) is 4. The predicted molar refractivity (Wildman–Crippen MR) is 146 cm³/mol. The van der Waals surface area contributed by atoms with Crippen molar-refractivity contribution in [2.75, 3.05) is 32.7 Å². The normalized spacial score (nSPS) is 24.4. The summed E-state index contributed by atoms with van der Waals surface area (Å²) in [6, 6.07) is 27.2. The molecule has 2 N–H and O–H groups in total. The van der Waals surface area contributed by atoms with E-state index < -0.39 is 11.2 Å². The van der Waals surface area contributed by atoms with Crippen LogP contribution in [0.4, 0.5) is 4.39 Å². The van der Waals surface area contributed by atoms with E-state index in [1.165, 1.54) is 23.3 Å². The van der Waals surface area contributed by atoms with Crippen LogP contribution in [0.5, 0.6) is 0 Å². The fraction of sp³-hybridized carbons (Fsp3) is 0.438. The van der Waals surface area contributed by atoms with Gasteiger partial charge in [-0.1, -0.05) is 72.8 Å². The number of piperidine rings is 1. The zero-order valence-electron chi connectivity index (χ0n) is 21.6. The minimum absolute atomic E-state index is 0.00551. The highest BCUT2D eigenvalue weighted by Gasteiger charge is 2.47. The Bertz CT molecular complexity index is 1120. The molecule has 4 nitrogen and oxygen atoms in total. The van der Waals surface area contributed by atoms with E-state index in [2.05, 4.69) is 46.2 Å². The number of aliphatic hydroxyl groups is 2. The maximum atomic E-state index is 13.7. The number of β-amino-alcohol motifs (C(OH)–C–C–N with tert-alkyl or cyclic N) is 1. The van der Waals surface area contributed by atoms with Gasteiger partial charge in [-0.15, -0.1) is 0 Å². The lowest BCUT2D eigenvalue weighted by atomic mass is 9.82. The SMILES string of the molecule is OC1(CCCc2ccccc2)CCN(CC2CN(Cc3ccccc3)CC2(O)c2ccc(F)cc2)CC1. The summed E-state index contributed by atoms with van der Waals surface area (Å²) in [5.41, 5.74) is 1.69. The topological polar surface area (TPSA) is 46.9 Å². The van der Waals surface area contributed by atoms with Crippen LogP contribution in [0.25, 0.3) is 0 Å². The van der Waals surface area contributed by atoms with Crippen molar-refractivity contribution in [3.63, 3.8) is 0 Å². The first kappa shape index (κ1) is 26.1. The first-order valence-corrected chi connectivity index (χ1v) is 13.7. The van der Waals surface area contributed by atoms with Crippen LogP contribution < -0.4 is 0 Å². The number of rotatable bonds is 9. The molecule has 2 heterocycles. The number of likely N-dealkylation sites (tertiary alicyclic amines) is 2. The van der Waals surface area contributed by atoms with Crippen molar-refractivity contribution in [3.8, 4) is 0 Å². The van der Waals surface area contributed by atoms with Gasteiger partial charge >= 0.3 is 0 Å². The van der Waals surface area contributed by atoms with Gasteiger partial charge in [0.05, 0.1) is 5.60 Å². The van der Waals surface area contributed by atoms with E-state index in [4.69, 9.17) is 0 Å². The van der Waals surface area contributed by atoms with Crippen LogP contribution >= 0.6 is 0 Å². The highest BCUT2D eigenvalue weighted by atomic mass is 19.1. The largest absolute Gasteiger partial charge is 0.390 e. The lowest BCUT2D eigenvalue weighted by Crippen LogP contribution is -2.48. The summed E-state index contributed by atoms with van der Waals surface area (Å²) in [7, 11) is 0. The molecule has 196 valence electrons. The van der Waals surface area contributed by atoms with Crippen LogP contribution in [0, 0.1) is 11.7 Å². The van der Waals surface area contributed by atoms with Crippen molar-refractivity contribution in [3.05, 3.63) is 107 Å². The molecule has 0 amide bonds. The van der Waals surface area contributed by atoms with Crippen LogP contribution in [0.1, 0.15) is 42.4 Å². The Labute approximate surface area is 220 Å². The number of hydrogen-bond donors (Lipinski definition) is 2. The monoisotopic (exact) mass is 502 g/mol. The van der Waals surface area contributed by atoms with E-state index >= 15 is 0 Å². The standard InChI is InChI=1S/C32H39FN2O2/c33-30-15-13-28(14-16-30)32(37)25-35(22-27-10-5-2-6-11-27)24-29(32)23-34-20-18-31(36,19-21-34)17-7-12-26-8-3-1-4-9-26/h1-6,8-11,13-16,29,36-37H,7,12,17-25H2. The summed E-state index contributed by atoms with van der Waals surface area (Å²) in [6.07, 6.45) is 4.33. The molecule has 2 unspecified atom stereocenters. The van der Waals surface area contributed by atoms with Crippen LogP contribution in [0.2, 0.25) is 0 Å². The number of benzene rings is 3. The summed E-state index contributed by atoms with van der Waals surface area (Å²) < 4.78 is 13.7. The van der Waals surface area contributed by atoms with Gasteiger partial charge in [0, 0.05) is 45.2 Å². The minimum Gasteiger partial charge on any atom is -0.390 e. The van der Waals surface area contributed by atoms with Gasteiger partial charge in [0.25, 0.3) is 0 Å². The highest BCUT2D eigenvalue weighted by Crippen LogP contribution is 2.39. The van der Waals surface area contributed by atoms with Crippen LogP contribution in [0.15, 0.2) is 84.9 Å². The molecule has 5 rings (SSSR count). The van der Waals surface area contributed by atoms with Crippen molar-refractivity contribution in [2.45, 2.75) is 49.9 Å². The lowest BCUT2D eigenvalue weighted by Gasteiger charge is -2.41. The number of nitrogens with zero attached hydrogens (tertiary/aromatic N) is 2. The second-order valence-corrected chi connectivity index (χ2v) is 11.1. The van der Waals surface area contributed by atoms with Crippen molar-refractivity contribution in [1.82, 2.24) is 9.80 Å². The van der Waals surface area contributed by atoms with E-state index in [-0.39, 0.29) is 11.7 Å². The van der Waals surface area contributed by atoms with Gasteiger partial charge in [-0.3, -0.25) is 4.90 Å². The molecular formula is C32H39FN2O2. The number of halogens is 1. The summed E-state index contributed by atoms with van der Waals surface area (Å²) in [5, 5.41) is 23.2. The third kappa shape index (κ3) is 6.47. The first-order chi connectivity index (χ1) is 17.9. The molecule has 0 bridgehead atoms. The van der Waals surface area contributed by atoms with E-state index in [0.29, 0.717) is 6.54 Å². The van der Waals surface area contributed by atoms with Gasteiger partial charge in [-0.2, -0.15) is 0 Å². The predicted octanol–water partition coefficient (Wildman–Crippen LogP) is 5.00. The molecule has 2 fully saturated rings. The molecule has 2 saturated heterocycles. The van der Waals surface area contributed by atoms with Gasteiger partial charge < -0.3 is 15.1 Å². The maximum Gasteiger partial charge on any atom is 0.123 e. The van der Waals surface area contributed by atoms with Crippen LogP contribution in [-0.2, 0) is 18.6 Å². The molecule has 0 aliphatic carbocycles. The Morgan fingerprint density at radius 2 is 1.41 bits per heavy atom. The average molecular weight is 503 g/mol. The number of aryl methyl sites for hydroxylation is 1. The smallest absolute Gasteiger partial charge is 0.123 e. The molecule has 0 radical (unpaired) electrons. The fourth-order valence-electron chi connectivity index (χ4n) is 6.21. The van der Waals surface area contributed by atoms with Gasteiger partial charge in [0.1, 0.15) is 11.4 Å². The van der Waals surface area contributed by atoms with Crippen LogP contribution in [-0.4, -0.2) is 58.3 Å². The Balaban J connectivity index is 1.21. The second kappa shape index (κ2) is 11.4. The van der Waals surface area contributed by atoms with E-state index in [1.807, 2.05) is 24.3 Å². The zero-order chi connectivity index (χ0) is 25.7. The lowest BCUT2D eigenvalue weighted by molar-refractivity contribution is -0.0462. The van der Waals surface area contributed by atoms with Gasteiger partial charge in [0.2, 0.25) is 0 Å². The highest BCUT2D eigenvalue weighted by molar-refractivity contribution is 5.27. The van der Waals surface area contributed by atoms with Crippen molar-refractivity contribution < 1.29 is 14.6 Å². The summed E-state index contributed by atoms with van der Waals surface area (Å²) in [4.78, 5) is 4.71. The Hall–Kier alpha value is -2.57. The molecule has 2 atom stereocenters. The van der Waals surface area contributed by atoms with Crippen molar-refractivity contribution >= 4 is 0 Å². The quantitative estimate of drug-likeness (QED) is 0.433. The Morgan fingerprint density at radius 1 is 0.784 bits per heavy atom. The third-order valence-electron chi connectivity index (χ3n) is 8.43. The van der Waals surface area contributed by atoms with E-state index in [9.17, 15) is 14.6 Å². The Kier molecular flexibility index (Phi) is 8.06. The van der Waals surface area contributed by atoms with Gasteiger partial charge in [0.15, 0.2) is 0 Å². The second-order valence-electron chi connectivity index (χ2n) is 11.1. The van der Waals surface area contributed by atoms with E-state index in [1.54, 1.807) is 12.1 Å². The van der Waals surface area contributed by atoms with E-state index in [0.717, 1.165) is 70.4 Å². The van der Waals surface area contributed by atoms with Crippen molar-refractivity contribution in [1.29, 1.82) is 0 Å². The maximum absolute atomic E-state index is 13.7. The molecule has 5 heteroatoms. The molecule has 0 aromatic heterocycles. The molecule has 3 aromatic rings. The van der Waals surface area contributed by atoms with Gasteiger partial charge in [-0.05, 0) is 60.9 Å². The molecular weight excluding hydrogens is 463 g/mol. The fourth-order valence-corrected chi connectivity index (χ4v) is 6.21. The summed E-state index contributed by atoms with van der Waals surface area (Å²) in [6.45, 7) is 4.50. The molecule has 2 aliphatic rings. The average Bonchev–Trinajstić information content (AvgIpc) is 3.22. The summed E-state index contributed by atoms with van der Waals surface area (Å²) in [5.74, 6) is -0.281. The molecule has 2 aliphatic heterocycles. The molecule has 37 heavy (non-hydrogen) atoms. The summed E-state index contributed by atoms with van der Waals surface area (Å²) >= 11 is 0. The molecule has 3 aromatic carbocycles. The van der Waals surface area contributed by atoms with Gasteiger partial charge in [-0.25, -0.2) is 4.39 Å². The molecule has 0 saturated carbocycles. The first-order valence-electron chi connectivity index (χ1n) is 13.7. The van der Waals surface area contributed by atoms with Crippen molar-refractivity contribution in [2.24, 2.45) is 5.92 Å². The van der Waals surface area contributed by atoms with Crippen LogP contribution in [0.3, 0.4) is 0 Å². The minimum atomic E-state index is -1.04. The molecule has 0 spiro atoms.